The quantitative estimate of drug-likeness (QED) is 0.251. The highest BCUT2D eigenvalue weighted by Gasteiger charge is 2.33. The molecule has 4 aromatic rings. The van der Waals surface area contributed by atoms with Crippen LogP contribution in [0.5, 0.6) is 0 Å². The third kappa shape index (κ3) is 6.67. The van der Waals surface area contributed by atoms with Crippen molar-refractivity contribution in [2.24, 2.45) is 5.92 Å². The van der Waals surface area contributed by atoms with Crippen molar-refractivity contribution in [3.63, 3.8) is 0 Å². The van der Waals surface area contributed by atoms with Crippen molar-refractivity contribution >= 4 is 46.0 Å². The molecule has 4 heterocycles. The normalized spacial score (nSPS) is 17.3. The number of piperidine rings is 2. The largest absolute Gasteiger partial charge is 0.384 e. The van der Waals surface area contributed by atoms with Crippen LogP contribution in [0.4, 0.5) is 5.82 Å². The highest BCUT2D eigenvalue weighted by atomic mass is 35.5. The third-order valence-electron chi connectivity index (χ3n) is 8.96. The van der Waals surface area contributed by atoms with Crippen molar-refractivity contribution < 1.29 is 4.79 Å². The van der Waals surface area contributed by atoms with E-state index < -0.39 is 0 Å². The molecule has 1 amide bonds. The van der Waals surface area contributed by atoms with Crippen LogP contribution in [-0.2, 0) is 11.3 Å². The molecule has 2 fully saturated rings. The molecule has 0 spiro atoms. The zero-order valence-electron chi connectivity index (χ0n) is 25.8. The number of hydrogen-bond donors (Lipinski definition) is 1. The molecule has 6 rings (SSSR count). The van der Waals surface area contributed by atoms with E-state index in [-0.39, 0.29) is 29.6 Å². The summed E-state index contributed by atoms with van der Waals surface area (Å²) in [5.41, 5.74) is 9.67. The molecular weight excluding hydrogens is 595 g/mol. The van der Waals surface area contributed by atoms with Crippen molar-refractivity contribution in [1.82, 2.24) is 23.9 Å². The van der Waals surface area contributed by atoms with Gasteiger partial charge in [-0.15, -0.1) is 0 Å². The van der Waals surface area contributed by atoms with Gasteiger partial charge in [0.15, 0.2) is 0 Å². The lowest BCUT2D eigenvalue weighted by atomic mass is 9.93. The summed E-state index contributed by atoms with van der Waals surface area (Å²) in [6.07, 6.45) is 4.97. The Morgan fingerprint density at radius 1 is 0.932 bits per heavy atom. The van der Waals surface area contributed by atoms with Crippen molar-refractivity contribution in [3.8, 4) is 0 Å². The average molecular weight is 638 g/mol. The van der Waals surface area contributed by atoms with Gasteiger partial charge in [0.25, 0.3) is 0 Å². The molecule has 2 aliphatic rings. The second kappa shape index (κ2) is 14.2. The molecule has 10 heteroatoms. The molecule has 1 atom stereocenters. The summed E-state index contributed by atoms with van der Waals surface area (Å²) in [4.78, 5) is 35.9. The number of nitrogens with zero attached hydrogens (tertiary/aromatic N) is 5. The van der Waals surface area contributed by atoms with E-state index in [1.807, 2.05) is 83.3 Å². The molecule has 2 aromatic carbocycles. The minimum Gasteiger partial charge on any atom is -0.384 e. The van der Waals surface area contributed by atoms with Gasteiger partial charge in [-0.1, -0.05) is 55.2 Å². The number of fused-ring (bicyclic) bond motifs is 1. The van der Waals surface area contributed by atoms with Gasteiger partial charge in [-0.2, -0.15) is 0 Å². The second-order valence-electron chi connectivity index (χ2n) is 11.6. The van der Waals surface area contributed by atoms with Gasteiger partial charge in [0.1, 0.15) is 5.82 Å². The first-order valence-electron chi connectivity index (χ1n) is 15.7. The van der Waals surface area contributed by atoms with Crippen LogP contribution in [0.15, 0.2) is 65.6 Å². The Hall–Kier alpha value is -3.33. The van der Waals surface area contributed by atoms with Crippen LogP contribution in [0, 0.1) is 5.92 Å². The fraction of sp³-hybridized carbons (Fsp3) is 0.441. The van der Waals surface area contributed by atoms with Crippen molar-refractivity contribution in [2.75, 3.05) is 31.9 Å². The van der Waals surface area contributed by atoms with Gasteiger partial charge in [-0.3, -0.25) is 18.8 Å². The molecule has 44 heavy (non-hydrogen) atoms. The van der Waals surface area contributed by atoms with Crippen LogP contribution >= 0.6 is 23.2 Å². The summed E-state index contributed by atoms with van der Waals surface area (Å²) in [7, 11) is 0. The van der Waals surface area contributed by atoms with Gasteiger partial charge in [-0.25, -0.2) is 9.78 Å². The number of aromatic nitrogens is 3. The number of amides is 1. The lowest BCUT2D eigenvalue weighted by Crippen LogP contribution is -2.46. The summed E-state index contributed by atoms with van der Waals surface area (Å²) in [6.45, 7) is 9.94. The molecule has 1 unspecified atom stereocenters. The molecule has 0 radical (unpaired) electrons. The van der Waals surface area contributed by atoms with E-state index in [1.165, 1.54) is 0 Å². The van der Waals surface area contributed by atoms with E-state index in [1.54, 1.807) is 12.3 Å². The minimum absolute atomic E-state index is 0.0309. The monoisotopic (exact) mass is 636 g/mol. The Bertz CT molecular complexity index is 1650. The maximum Gasteiger partial charge on any atom is 0.329 e. The number of carbonyl (C=O) groups is 1. The summed E-state index contributed by atoms with van der Waals surface area (Å²) < 4.78 is 3.79. The third-order valence-corrected chi connectivity index (χ3v) is 9.70. The predicted octanol–water partition coefficient (Wildman–Crippen LogP) is 6.80. The van der Waals surface area contributed by atoms with Crippen molar-refractivity contribution in [1.29, 1.82) is 0 Å². The molecule has 2 saturated heterocycles. The number of hydrogen-bond acceptors (Lipinski definition) is 5. The number of halogens is 2. The smallest absolute Gasteiger partial charge is 0.329 e. The number of likely N-dealkylation sites (tertiary alicyclic amines) is 2. The number of benzene rings is 2. The standard InChI is InChI=1S/C32H36Cl2N6O2.C2H6/c1-21(24-6-7-26(33)27(34)19-24)39-28-4-2-3-5-29(28)40(32(39)42)25-11-16-38(17-12-25)31(41)23-9-14-37(15-10-23)20-22-8-13-36-30(35)18-22;1-2/h2-8,13,18-19,21,23,25H,9-12,14-17,20H2,1H3,(H2,35,36);1-2H3. The number of rotatable bonds is 6. The predicted molar refractivity (Wildman–Crippen MR) is 179 cm³/mol. The summed E-state index contributed by atoms with van der Waals surface area (Å²) in [6, 6.07) is 17.2. The maximum atomic E-state index is 14.0. The van der Waals surface area contributed by atoms with E-state index in [2.05, 4.69) is 9.88 Å². The molecule has 8 nitrogen and oxygen atoms in total. The highest BCUT2D eigenvalue weighted by molar-refractivity contribution is 6.42. The van der Waals surface area contributed by atoms with Crippen LogP contribution in [0.2, 0.25) is 10.0 Å². The first kappa shape index (κ1) is 32.1. The molecule has 234 valence electrons. The van der Waals surface area contributed by atoms with Gasteiger partial charge in [0, 0.05) is 37.8 Å². The number of imidazole rings is 1. The van der Waals surface area contributed by atoms with Crippen LogP contribution in [0.25, 0.3) is 11.0 Å². The molecule has 0 saturated carbocycles. The van der Waals surface area contributed by atoms with E-state index in [4.69, 9.17) is 28.9 Å². The number of carbonyl (C=O) groups excluding carboxylic acids is 1. The van der Waals surface area contributed by atoms with Gasteiger partial charge >= 0.3 is 5.69 Å². The van der Waals surface area contributed by atoms with Crippen LogP contribution in [0.3, 0.4) is 0 Å². The maximum absolute atomic E-state index is 14.0. The van der Waals surface area contributed by atoms with E-state index in [0.717, 1.165) is 67.5 Å². The Balaban J connectivity index is 0.00000188. The highest BCUT2D eigenvalue weighted by Crippen LogP contribution is 2.32. The summed E-state index contributed by atoms with van der Waals surface area (Å²) in [5.74, 6) is 0.843. The fourth-order valence-corrected chi connectivity index (χ4v) is 6.94. The summed E-state index contributed by atoms with van der Waals surface area (Å²) in [5, 5.41) is 0.962. The Kier molecular flexibility index (Phi) is 10.3. The SMILES string of the molecule is CC.CC(c1ccc(Cl)c(Cl)c1)n1c(=O)n(C2CCN(C(=O)C3CCN(Cc4ccnc(N)c4)CC3)CC2)c2ccccc21. The average Bonchev–Trinajstić information content (AvgIpc) is 3.34. The zero-order valence-corrected chi connectivity index (χ0v) is 27.3. The van der Waals surface area contributed by atoms with Crippen LogP contribution < -0.4 is 11.4 Å². The Morgan fingerprint density at radius 3 is 2.27 bits per heavy atom. The van der Waals surface area contributed by atoms with Crippen LogP contribution in [-0.4, -0.2) is 56.0 Å². The zero-order chi connectivity index (χ0) is 31.4. The minimum atomic E-state index is -0.220. The topological polar surface area (TPSA) is 89.4 Å². The molecule has 2 N–H and O–H groups in total. The van der Waals surface area contributed by atoms with Crippen LogP contribution in [0.1, 0.15) is 69.7 Å². The Labute approximate surface area is 269 Å². The van der Waals surface area contributed by atoms with Crippen molar-refractivity contribution in [2.45, 2.75) is 65.1 Å². The van der Waals surface area contributed by atoms with Gasteiger partial charge in [-0.05, 0) is 93.2 Å². The van der Waals surface area contributed by atoms with E-state index >= 15 is 0 Å². The van der Waals surface area contributed by atoms with Gasteiger partial charge < -0.3 is 10.6 Å². The number of nitrogen functional groups attached to an aromatic ring is 1. The Morgan fingerprint density at radius 2 is 1.61 bits per heavy atom. The first-order valence-corrected chi connectivity index (χ1v) is 16.4. The first-order chi connectivity index (χ1) is 21.3. The molecule has 2 aliphatic heterocycles. The lowest BCUT2D eigenvalue weighted by molar-refractivity contribution is -0.138. The number of nitrogens with two attached hydrogens (primary N) is 1. The fourth-order valence-electron chi connectivity index (χ4n) is 6.63. The van der Waals surface area contributed by atoms with E-state index in [0.29, 0.717) is 29.0 Å². The number of para-hydroxylation sites is 2. The molecular formula is C34H42Cl2N6O2. The second-order valence-corrected chi connectivity index (χ2v) is 12.4. The molecule has 0 bridgehead atoms. The van der Waals surface area contributed by atoms with Crippen molar-refractivity contribution in [3.05, 3.63) is 92.5 Å². The molecule has 2 aromatic heterocycles. The van der Waals surface area contributed by atoms with Gasteiger partial charge in [0.2, 0.25) is 5.91 Å². The molecule has 0 aliphatic carbocycles. The summed E-state index contributed by atoms with van der Waals surface area (Å²) >= 11 is 12.5. The lowest BCUT2D eigenvalue weighted by Gasteiger charge is -2.37. The van der Waals surface area contributed by atoms with E-state index in [9.17, 15) is 9.59 Å². The van der Waals surface area contributed by atoms with Gasteiger partial charge in [0.05, 0.1) is 27.1 Å². The number of pyridine rings is 1. The number of anilines is 1.